The number of carbonyl (C=O) groups is 2. The summed E-state index contributed by atoms with van der Waals surface area (Å²) in [6, 6.07) is 11.5. The Balaban J connectivity index is 1.45. The molecule has 0 aromatic heterocycles. The van der Waals surface area contributed by atoms with E-state index in [0.29, 0.717) is 22.5 Å². The van der Waals surface area contributed by atoms with Crippen molar-refractivity contribution in [1.29, 1.82) is 0 Å². The minimum atomic E-state index is -3.50. The lowest BCUT2D eigenvalue weighted by molar-refractivity contribution is -0.116. The van der Waals surface area contributed by atoms with Gasteiger partial charge in [0.25, 0.3) is 5.91 Å². The highest BCUT2D eigenvalue weighted by Gasteiger charge is 2.31. The largest absolute Gasteiger partial charge is 0.371 e. The van der Waals surface area contributed by atoms with Crippen LogP contribution < -0.4 is 10.6 Å². The normalized spacial score (nSPS) is 18.7. The van der Waals surface area contributed by atoms with Gasteiger partial charge in [-0.1, -0.05) is 29.8 Å². The summed E-state index contributed by atoms with van der Waals surface area (Å²) in [5.74, 6) is -0.878. The van der Waals surface area contributed by atoms with Crippen LogP contribution in [0.15, 0.2) is 42.5 Å². The number of nitrogens with one attached hydrogen (secondary N) is 2. The minimum absolute atomic E-state index is 0.0421. The Labute approximate surface area is 182 Å². The smallest absolute Gasteiger partial charge is 0.253 e. The van der Waals surface area contributed by atoms with Gasteiger partial charge in [-0.3, -0.25) is 9.59 Å². The number of hydrogen-bond acceptors (Lipinski definition) is 5. The van der Waals surface area contributed by atoms with Crippen LogP contribution in [0.25, 0.3) is 0 Å². The van der Waals surface area contributed by atoms with Crippen LogP contribution in [-0.4, -0.2) is 50.0 Å². The van der Waals surface area contributed by atoms with Crippen LogP contribution in [0.4, 0.5) is 11.4 Å². The number of piperidine rings is 1. The van der Waals surface area contributed by atoms with Gasteiger partial charge in [0, 0.05) is 18.7 Å². The Bertz CT molecular complexity index is 1090. The number of carbonyl (C=O) groups excluding carboxylic acids is 2. The lowest BCUT2D eigenvalue weighted by atomic mass is 10.1. The fourth-order valence-corrected chi connectivity index (χ4v) is 5.59. The number of hydrogen-bond donors (Lipinski definition) is 2. The molecule has 164 valence electrons. The van der Waals surface area contributed by atoms with Gasteiger partial charge in [-0.25, -0.2) is 8.42 Å². The Kier molecular flexibility index (Phi) is 6.00. The molecule has 1 fully saturated rings. The van der Waals surface area contributed by atoms with Crippen LogP contribution in [0.5, 0.6) is 0 Å². The van der Waals surface area contributed by atoms with E-state index >= 15 is 0 Å². The van der Waals surface area contributed by atoms with Crippen molar-refractivity contribution in [3.63, 3.8) is 0 Å². The number of sulfone groups is 1. The van der Waals surface area contributed by atoms with E-state index < -0.39 is 21.8 Å². The first kappa shape index (κ1) is 21.4. The van der Waals surface area contributed by atoms with E-state index in [9.17, 15) is 18.0 Å². The van der Waals surface area contributed by atoms with Crippen molar-refractivity contribution in [3.05, 3.63) is 59.2 Å². The maximum atomic E-state index is 12.7. The van der Waals surface area contributed by atoms with E-state index in [1.54, 1.807) is 30.3 Å². The molecule has 0 radical (unpaired) electrons. The molecule has 2 amide bonds. The van der Waals surface area contributed by atoms with E-state index in [0.717, 1.165) is 37.9 Å². The summed E-state index contributed by atoms with van der Waals surface area (Å²) in [5.41, 5.74) is 3.39. The Morgan fingerprint density at radius 3 is 2.45 bits per heavy atom. The first-order chi connectivity index (χ1) is 14.8. The molecule has 31 heavy (non-hydrogen) atoms. The van der Waals surface area contributed by atoms with Crippen LogP contribution in [0.3, 0.4) is 0 Å². The summed E-state index contributed by atoms with van der Waals surface area (Å²) < 4.78 is 25.3. The summed E-state index contributed by atoms with van der Waals surface area (Å²) in [7, 11) is -3.50. The number of nitrogens with zero attached hydrogens (tertiary/aromatic N) is 1. The monoisotopic (exact) mass is 441 g/mol. The van der Waals surface area contributed by atoms with Crippen molar-refractivity contribution in [2.45, 2.75) is 38.0 Å². The first-order valence-corrected chi connectivity index (χ1v) is 12.4. The second-order valence-corrected chi connectivity index (χ2v) is 10.4. The van der Waals surface area contributed by atoms with Gasteiger partial charge in [0.1, 0.15) is 6.04 Å². The van der Waals surface area contributed by atoms with Gasteiger partial charge in [-0.2, -0.15) is 0 Å². The van der Waals surface area contributed by atoms with E-state index in [4.69, 9.17) is 0 Å². The third kappa shape index (κ3) is 5.07. The van der Waals surface area contributed by atoms with Gasteiger partial charge in [0.15, 0.2) is 9.84 Å². The lowest BCUT2D eigenvalue weighted by Crippen LogP contribution is -2.44. The number of likely N-dealkylation sites (tertiary alicyclic amines) is 1. The molecule has 1 unspecified atom stereocenters. The predicted molar refractivity (Wildman–Crippen MR) is 121 cm³/mol. The minimum Gasteiger partial charge on any atom is -0.371 e. The maximum absolute atomic E-state index is 12.7. The summed E-state index contributed by atoms with van der Waals surface area (Å²) in [6.07, 6.45) is 3.16. The van der Waals surface area contributed by atoms with E-state index in [1.165, 1.54) is 0 Å². The van der Waals surface area contributed by atoms with Crippen molar-refractivity contribution in [2.75, 3.05) is 29.5 Å². The number of anilines is 2. The molecule has 2 aromatic carbocycles. The molecule has 2 aliphatic rings. The zero-order valence-corrected chi connectivity index (χ0v) is 18.4. The molecular weight excluding hydrogens is 414 g/mol. The van der Waals surface area contributed by atoms with E-state index in [2.05, 4.69) is 10.6 Å². The van der Waals surface area contributed by atoms with Crippen molar-refractivity contribution in [1.82, 2.24) is 4.90 Å². The summed E-state index contributed by atoms with van der Waals surface area (Å²) in [5, 5.41) is 5.79. The predicted octanol–water partition coefficient (Wildman–Crippen LogP) is 2.97. The number of rotatable bonds is 5. The van der Waals surface area contributed by atoms with Gasteiger partial charge in [0.2, 0.25) is 5.91 Å². The molecule has 4 rings (SSSR count). The molecule has 1 saturated heterocycles. The molecule has 1 atom stereocenters. The number of amides is 2. The fourth-order valence-electron chi connectivity index (χ4n) is 4.03. The Hall–Kier alpha value is -2.87. The second-order valence-electron chi connectivity index (χ2n) is 8.34. The average Bonchev–Trinajstić information content (AvgIpc) is 2.75. The zero-order valence-electron chi connectivity index (χ0n) is 17.6. The van der Waals surface area contributed by atoms with Crippen LogP contribution in [-0.2, 0) is 20.4 Å². The molecule has 2 N–H and O–H groups in total. The topological polar surface area (TPSA) is 95.6 Å². The molecule has 0 saturated carbocycles. The maximum Gasteiger partial charge on any atom is 0.253 e. The standard InChI is InChI=1S/C23H27N3O4S/c1-16-5-7-17(8-6-16)14-31(29,30)15-21-22(27)25-20-13-18(9-10-19(20)24-21)23(28)26-11-3-2-4-12-26/h5-10,13,21,24H,2-4,11-12,14-15H2,1H3,(H,25,27). The molecule has 2 aromatic rings. The zero-order chi connectivity index (χ0) is 22.0. The molecule has 0 bridgehead atoms. The van der Waals surface area contributed by atoms with Gasteiger partial charge in [-0.05, 0) is 49.9 Å². The highest BCUT2D eigenvalue weighted by molar-refractivity contribution is 7.90. The highest BCUT2D eigenvalue weighted by atomic mass is 32.2. The van der Waals surface area contributed by atoms with Crippen LogP contribution in [0.1, 0.15) is 40.7 Å². The van der Waals surface area contributed by atoms with Crippen LogP contribution >= 0.6 is 0 Å². The van der Waals surface area contributed by atoms with Crippen molar-refractivity contribution in [3.8, 4) is 0 Å². The molecule has 8 heteroatoms. The number of benzene rings is 2. The Morgan fingerprint density at radius 2 is 1.74 bits per heavy atom. The van der Waals surface area contributed by atoms with Crippen molar-refractivity contribution < 1.29 is 18.0 Å². The second kappa shape index (κ2) is 8.70. The molecule has 0 aliphatic carbocycles. The quantitative estimate of drug-likeness (QED) is 0.744. The van der Waals surface area contributed by atoms with Crippen LogP contribution in [0.2, 0.25) is 0 Å². The molecule has 2 aliphatic heterocycles. The number of aryl methyl sites for hydroxylation is 1. The third-order valence-corrected chi connectivity index (χ3v) is 7.36. The fraction of sp³-hybridized carbons (Fsp3) is 0.391. The molecule has 7 nitrogen and oxygen atoms in total. The summed E-state index contributed by atoms with van der Waals surface area (Å²) in [6.45, 7) is 3.44. The number of fused-ring (bicyclic) bond motifs is 1. The highest BCUT2D eigenvalue weighted by Crippen LogP contribution is 2.29. The lowest BCUT2D eigenvalue weighted by Gasteiger charge is -2.29. The Morgan fingerprint density at radius 1 is 1.03 bits per heavy atom. The van der Waals surface area contributed by atoms with Gasteiger partial charge < -0.3 is 15.5 Å². The third-order valence-electron chi connectivity index (χ3n) is 5.74. The summed E-state index contributed by atoms with van der Waals surface area (Å²) >= 11 is 0. The van der Waals surface area contributed by atoms with E-state index in [-0.39, 0.29) is 17.4 Å². The molecule has 2 heterocycles. The summed E-state index contributed by atoms with van der Waals surface area (Å²) in [4.78, 5) is 27.1. The average molecular weight is 442 g/mol. The van der Waals surface area contributed by atoms with Crippen LogP contribution in [0, 0.1) is 6.92 Å². The first-order valence-electron chi connectivity index (χ1n) is 10.6. The van der Waals surface area contributed by atoms with Gasteiger partial charge >= 0.3 is 0 Å². The van der Waals surface area contributed by atoms with Crippen molar-refractivity contribution in [2.24, 2.45) is 0 Å². The van der Waals surface area contributed by atoms with E-state index in [1.807, 2.05) is 24.0 Å². The van der Waals surface area contributed by atoms with Gasteiger partial charge in [0.05, 0.1) is 22.9 Å². The van der Waals surface area contributed by atoms with Gasteiger partial charge in [-0.15, -0.1) is 0 Å². The molecular formula is C23H27N3O4S. The SMILES string of the molecule is Cc1ccc(CS(=O)(=O)CC2Nc3ccc(C(=O)N4CCCCC4)cc3NC2=O)cc1. The molecule has 0 spiro atoms. The van der Waals surface area contributed by atoms with Crippen molar-refractivity contribution >= 4 is 33.0 Å².